The number of carbonyl (C=O) groups is 1. The molecule has 0 unspecified atom stereocenters. The minimum absolute atomic E-state index is 0.170. The molecule has 0 atom stereocenters. The third-order valence-corrected chi connectivity index (χ3v) is 6.01. The average molecular weight is 412 g/mol. The molecule has 0 heterocycles. The number of rotatable bonds is 5. The maximum atomic E-state index is 13.4. The maximum absolute atomic E-state index is 13.4. The minimum Gasteiger partial charge on any atom is -0.322 e. The van der Waals surface area contributed by atoms with Gasteiger partial charge in [0.1, 0.15) is 5.82 Å². The van der Waals surface area contributed by atoms with E-state index < -0.39 is 21.7 Å². The Morgan fingerprint density at radius 3 is 2.14 bits per heavy atom. The molecular weight excluding hydrogens is 391 g/mol. The summed E-state index contributed by atoms with van der Waals surface area (Å²) in [7, 11) is -3.74. The van der Waals surface area contributed by atoms with Crippen LogP contribution < -0.4 is 10.0 Å². The van der Waals surface area contributed by atoms with Gasteiger partial charge in [-0.05, 0) is 86.0 Å². The van der Waals surface area contributed by atoms with E-state index in [0.717, 1.165) is 16.7 Å². The van der Waals surface area contributed by atoms with Crippen molar-refractivity contribution in [2.45, 2.75) is 25.7 Å². The molecule has 0 saturated heterocycles. The van der Waals surface area contributed by atoms with Crippen molar-refractivity contribution >= 4 is 27.3 Å². The summed E-state index contributed by atoms with van der Waals surface area (Å²) in [5.41, 5.74) is 3.66. The Hall–Kier alpha value is -3.19. The van der Waals surface area contributed by atoms with Gasteiger partial charge in [0, 0.05) is 16.9 Å². The van der Waals surface area contributed by atoms with Gasteiger partial charge in [0.2, 0.25) is 0 Å². The Morgan fingerprint density at radius 1 is 0.828 bits per heavy atom. The van der Waals surface area contributed by atoms with Crippen molar-refractivity contribution in [1.82, 2.24) is 0 Å². The van der Waals surface area contributed by atoms with Gasteiger partial charge in [-0.1, -0.05) is 12.1 Å². The van der Waals surface area contributed by atoms with E-state index in [4.69, 9.17) is 0 Å². The van der Waals surface area contributed by atoms with Crippen LogP contribution in [0.4, 0.5) is 15.8 Å². The topological polar surface area (TPSA) is 75.3 Å². The lowest BCUT2D eigenvalue weighted by Crippen LogP contribution is -2.15. The van der Waals surface area contributed by atoms with Gasteiger partial charge in [-0.25, -0.2) is 12.8 Å². The molecule has 0 aromatic heterocycles. The molecule has 0 spiro atoms. The highest BCUT2D eigenvalue weighted by molar-refractivity contribution is 7.92. The van der Waals surface area contributed by atoms with Crippen LogP contribution >= 0.6 is 0 Å². The lowest BCUT2D eigenvalue weighted by molar-refractivity contribution is 0.102. The monoisotopic (exact) mass is 412 g/mol. The van der Waals surface area contributed by atoms with Crippen molar-refractivity contribution in [1.29, 1.82) is 0 Å². The van der Waals surface area contributed by atoms with E-state index >= 15 is 0 Å². The third-order valence-electron chi connectivity index (χ3n) is 4.64. The van der Waals surface area contributed by atoms with Crippen LogP contribution in [0.5, 0.6) is 0 Å². The number of hydrogen-bond donors (Lipinski definition) is 2. The lowest BCUT2D eigenvalue weighted by atomic mass is 10.1. The van der Waals surface area contributed by atoms with Crippen LogP contribution in [-0.2, 0) is 10.0 Å². The van der Waals surface area contributed by atoms with Crippen LogP contribution in [0.15, 0.2) is 65.6 Å². The third kappa shape index (κ3) is 4.81. The molecule has 0 aliphatic carbocycles. The van der Waals surface area contributed by atoms with E-state index in [1.165, 1.54) is 36.4 Å². The van der Waals surface area contributed by atoms with Gasteiger partial charge in [0.25, 0.3) is 15.9 Å². The molecule has 0 saturated carbocycles. The Labute approximate surface area is 169 Å². The van der Waals surface area contributed by atoms with Crippen LogP contribution in [0.3, 0.4) is 0 Å². The maximum Gasteiger partial charge on any atom is 0.261 e. The normalized spacial score (nSPS) is 11.2. The smallest absolute Gasteiger partial charge is 0.261 e. The number of sulfonamides is 1. The molecular formula is C22H21FN2O3S. The number of amides is 1. The molecule has 2 N–H and O–H groups in total. The van der Waals surface area contributed by atoms with Crippen molar-refractivity contribution < 1.29 is 17.6 Å². The highest BCUT2D eigenvalue weighted by atomic mass is 32.2. The fourth-order valence-corrected chi connectivity index (χ4v) is 3.85. The van der Waals surface area contributed by atoms with Crippen LogP contribution in [-0.4, -0.2) is 14.3 Å². The fourth-order valence-electron chi connectivity index (χ4n) is 2.71. The van der Waals surface area contributed by atoms with Crippen LogP contribution in [0.2, 0.25) is 0 Å². The summed E-state index contributed by atoms with van der Waals surface area (Å²) in [5.74, 6) is -0.857. The molecule has 7 heteroatoms. The zero-order chi connectivity index (χ0) is 21.2. The molecule has 3 aromatic carbocycles. The standard InChI is InChI=1S/C22H21FN2O3S/c1-14-5-11-20(12-16(14)3)29(27,28)25-19-9-6-17(7-10-19)22(26)24-21-13-18(23)8-4-15(21)2/h4-13,25H,1-3H3,(H,24,26). The molecule has 3 rings (SSSR count). The minimum atomic E-state index is -3.74. The van der Waals surface area contributed by atoms with Crippen molar-refractivity contribution in [3.05, 3.63) is 88.7 Å². The van der Waals surface area contributed by atoms with Gasteiger partial charge in [0.15, 0.2) is 0 Å². The lowest BCUT2D eigenvalue weighted by Gasteiger charge is -2.11. The number of carbonyl (C=O) groups excluding carboxylic acids is 1. The number of benzene rings is 3. The largest absolute Gasteiger partial charge is 0.322 e. The van der Waals surface area contributed by atoms with E-state index in [9.17, 15) is 17.6 Å². The van der Waals surface area contributed by atoms with Crippen LogP contribution in [0, 0.1) is 26.6 Å². The second kappa shape index (κ2) is 8.05. The molecule has 0 fully saturated rings. The van der Waals surface area contributed by atoms with E-state index in [0.29, 0.717) is 16.9 Å². The van der Waals surface area contributed by atoms with Crippen molar-refractivity contribution in [2.75, 3.05) is 10.0 Å². The Bertz CT molecular complexity index is 1170. The van der Waals surface area contributed by atoms with Crippen molar-refractivity contribution in [3.63, 3.8) is 0 Å². The van der Waals surface area contributed by atoms with Gasteiger partial charge >= 0.3 is 0 Å². The predicted molar refractivity (Wildman–Crippen MR) is 112 cm³/mol. The summed E-state index contributed by atoms with van der Waals surface area (Å²) in [6.07, 6.45) is 0. The number of hydrogen-bond acceptors (Lipinski definition) is 3. The first-order valence-electron chi connectivity index (χ1n) is 8.93. The van der Waals surface area contributed by atoms with Gasteiger partial charge in [0.05, 0.1) is 4.90 Å². The van der Waals surface area contributed by atoms with Crippen LogP contribution in [0.25, 0.3) is 0 Å². The fraction of sp³-hybridized carbons (Fsp3) is 0.136. The first kappa shape index (κ1) is 20.5. The van der Waals surface area contributed by atoms with E-state index in [2.05, 4.69) is 10.0 Å². The Balaban J connectivity index is 1.75. The second-order valence-corrected chi connectivity index (χ2v) is 8.52. The molecule has 0 aliphatic rings. The molecule has 3 aromatic rings. The highest BCUT2D eigenvalue weighted by Crippen LogP contribution is 2.21. The zero-order valence-corrected chi connectivity index (χ0v) is 17.1. The summed E-state index contributed by atoms with van der Waals surface area (Å²) in [5, 5.41) is 2.65. The summed E-state index contributed by atoms with van der Waals surface area (Å²) in [6, 6.07) is 15.1. The molecule has 29 heavy (non-hydrogen) atoms. The summed E-state index contributed by atoms with van der Waals surface area (Å²) >= 11 is 0. The zero-order valence-electron chi connectivity index (χ0n) is 16.3. The number of aryl methyl sites for hydroxylation is 3. The van der Waals surface area contributed by atoms with E-state index in [1.54, 1.807) is 31.2 Å². The molecule has 1 amide bonds. The number of nitrogens with one attached hydrogen (secondary N) is 2. The summed E-state index contributed by atoms with van der Waals surface area (Å²) < 4.78 is 41.0. The van der Waals surface area contributed by atoms with Crippen LogP contribution in [0.1, 0.15) is 27.0 Å². The molecule has 5 nitrogen and oxygen atoms in total. The van der Waals surface area contributed by atoms with Gasteiger partial charge in [-0.3, -0.25) is 9.52 Å². The summed E-state index contributed by atoms with van der Waals surface area (Å²) in [6.45, 7) is 5.52. The first-order chi connectivity index (χ1) is 13.7. The number of anilines is 2. The molecule has 0 bridgehead atoms. The summed E-state index contributed by atoms with van der Waals surface area (Å²) in [4.78, 5) is 12.6. The second-order valence-electron chi connectivity index (χ2n) is 6.84. The van der Waals surface area contributed by atoms with Gasteiger partial charge in [-0.2, -0.15) is 0 Å². The Morgan fingerprint density at radius 2 is 1.48 bits per heavy atom. The first-order valence-corrected chi connectivity index (χ1v) is 10.4. The average Bonchev–Trinajstić information content (AvgIpc) is 2.67. The van der Waals surface area contributed by atoms with Crippen molar-refractivity contribution in [3.8, 4) is 0 Å². The molecule has 0 radical (unpaired) electrons. The van der Waals surface area contributed by atoms with Gasteiger partial charge < -0.3 is 5.32 Å². The predicted octanol–water partition coefficient (Wildman–Crippen LogP) is 4.80. The van der Waals surface area contributed by atoms with E-state index in [1.807, 2.05) is 13.8 Å². The SMILES string of the molecule is Cc1ccc(S(=O)(=O)Nc2ccc(C(=O)Nc3cc(F)ccc3C)cc2)cc1C. The molecule has 150 valence electrons. The van der Waals surface area contributed by atoms with E-state index in [-0.39, 0.29) is 4.90 Å². The Kier molecular flexibility index (Phi) is 5.70. The van der Waals surface area contributed by atoms with Crippen molar-refractivity contribution in [2.24, 2.45) is 0 Å². The van der Waals surface area contributed by atoms with Gasteiger partial charge in [-0.15, -0.1) is 0 Å². The molecule has 0 aliphatic heterocycles. The highest BCUT2D eigenvalue weighted by Gasteiger charge is 2.15. The number of halogens is 1. The quantitative estimate of drug-likeness (QED) is 0.632.